The highest BCUT2D eigenvalue weighted by atomic mass is 79.9. The van der Waals surface area contributed by atoms with Gasteiger partial charge in [-0.05, 0) is 36.2 Å². The van der Waals surface area contributed by atoms with Crippen LogP contribution in [0.3, 0.4) is 0 Å². The van der Waals surface area contributed by atoms with Crippen LogP contribution in [-0.2, 0) is 6.42 Å². The fraction of sp³-hybridized carbons (Fsp3) is 0.167. The number of hydrogen-bond acceptors (Lipinski definition) is 0. The van der Waals surface area contributed by atoms with Gasteiger partial charge in [0.15, 0.2) is 0 Å². The third-order valence-corrected chi connectivity index (χ3v) is 2.62. The maximum Gasteiger partial charge on any atom is 0.0449 e. The minimum Gasteiger partial charge on any atom is -0.324 e. The van der Waals surface area contributed by atoms with Gasteiger partial charge >= 0.3 is 0 Å². The first-order valence-electron chi connectivity index (χ1n) is 4.68. The van der Waals surface area contributed by atoms with E-state index < -0.39 is 0 Å². The summed E-state index contributed by atoms with van der Waals surface area (Å²) in [7, 11) is 0. The van der Waals surface area contributed by atoms with Crippen LogP contribution >= 0.6 is 15.9 Å². The summed E-state index contributed by atoms with van der Waals surface area (Å²) in [5.74, 6) is 0. The van der Waals surface area contributed by atoms with E-state index in [2.05, 4.69) is 57.2 Å². The molecule has 0 saturated heterocycles. The molecular weight excluding hydrogens is 238 g/mol. The summed E-state index contributed by atoms with van der Waals surface area (Å²) >= 11 is 3.44. The first kappa shape index (κ1) is 9.53. The topological polar surface area (TPSA) is 4.93 Å². The number of hydrogen-bond donors (Lipinski definition) is 0. The van der Waals surface area contributed by atoms with Crippen molar-refractivity contribution in [3.05, 3.63) is 54.4 Å². The van der Waals surface area contributed by atoms with Crippen molar-refractivity contribution in [2.24, 2.45) is 0 Å². The molecule has 0 unspecified atom stereocenters. The van der Waals surface area contributed by atoms with Crippen molar-refractivity contribution in [2.75, 3.05) is 5.33 Å². The van der Waals surface area contributed by atoms with Crippen molar-refractivity contribution in [3.63, 3.8) is 0 Å². The molecular formula is C12H12BrN. The normalized spacial score (nSPS) is 10.4. The summed E-state index contributed by atoms with van der Waals surface area (Å²) in [5, 5.41) is 1.02. The molecule has 2 aromatic rings. The molecule has 0 spiro atoms. The van der Waals surface area contributed by atoms with Crippen molar-refractivity contribution in [1.29, 1.82) is 0 Å². The zero-order valence-corrected chi connectivity index (χ0v) is 9.44. The molecule has 0 saturated carbocycles. The predicted molar refractivity (Wildman–Crippen MR) is 63.3 cm³/mol. The maximum atomic E-state index is 3.44. The van der Waals surface area contributed by atoms with Crippen LogP contribution in [0, 0.1) is 0 Å². The van der Waals surface area contributed by atoms with Crippen LogP contribution < -0.4 is 0 Å². The lowest BCUT2D eigenvalue weighted by atomic mass is 10.1. The van der Waals surface area contributed by atoms with Crippen LogP contribution in [0.25, 0.3) is 5.69 Å². The molecule has 0 fully saturated rings. The Bertz CT molecular complexity index is 375. The van der Waals surface area contributed by atoms with Gasteiger partial charge in [-0.25, -0.2) is 0 Å². The van der Waals surface area contributed by atoms with Gasteiger partial charge in [-0.3, -0.25) is 0 Å². The fourth-order valence-corrected chi connectivity index (χ4v) is 1.91. The predicted octanol–water partition coefficient (Wildman–Crippen LogP) is 3.41. The largest absolute Gasteiger partial charge is 0.324 e. The summed E-state index contributed by atoms with van der Waals surface area (Å²) in [6, 6.07) is 12.7. The minimum atomic E-state index is 1.02. The summed E-state index contributed by atoms with van der Waals surface area (Å²) < 4.78 is 2.11. The molecule has 0 amide bonds. The molecule has 1 heterocycles. The molecule has 0 radical (unpaired) electrons. The fourth-order valence-electron chi connectivity index (χ4n) is 1.45. The average Bonchev–Trinajstić information content (AvgIpc) is 2.72. The number of rotatable bonds is 3. The van der Waals surface area contributed by atoms with E-state index in [-0.39, 0.29) is 0 Å². The van der Waals surface area contributed by atoms with Gasteiger partial charge in [0.2, 0.25) is 0 Å². The van der Waals surface area contributed by atoms with Crippen LogP contribution in [0.15, 0.2) is 48.8 Å². The molecule has 2 heteroatoms. The van der Waals surface area contributed by atoms with Gasteiger partial charge < -0.3 is 4.57 Å². The van der Waals surface area contributed by atoms with Crippen molar-refractivity contribution in [2.45, 2.75) is 6.42 Å². The number of nitrogens with zero attached hydrogens (tertiary/aromatic N) is 1. The van der Waals surface area contributed by atoms with Gasteiger partial charge in [0, 0.05) is 23.4 Å². The van der Waals surface area contributed by atoms with E-state index in [9.17, 15) is 0 Å². The summed E-state index contributed by atoms with van der Waals surface area (Å²) in [4.78, 5) is 0. The molecule has 72 valence electrons. The first-order chi connectivity index (χ1) is 6.90. The van der Waals surface area contributed by atoms with Crippen LogP contribution in [0.1, 0.15) is 5.56 Å². The Labute approximate surface area is 92.5 Å². The van der Waals surface area contributed by atoms with Crippen molar-refractivity contribution < 1.29 is 0 Å². The monoisotopic (exact) mass is 249 g/mol. The molecule has 1 aromatic carbocycles. The maximum absolute atomic E-state index is 3.44. The Morgan fingerprint density at radius 1 is 1.00 bits per heavy atom. The molecule has 1 aromatic heterocycles. The van der Waals surface area contributed by atoms with E-state index in [0.717, 1.165) is 11.8 Å². The number of benzene rings is 1. The molecule has 14 heavy (non-hydrogen) atoms. The lowest BCUT2D eigenvalue weighted by Crippen LogP contribution is -1.91. The quantitative estimate of drug-likeness (QED) is 0.735. The molecule has 0 bridgehead atoms. The van der Waals surface area contributed by atoms with Crippen molar-refractivity contribution in [3.8, 4) is 5.69 Å². The lowest BCUT2D eigenvalue weighted by molar-refractivity contribution is 1.07. The second-order valence-corrected chi connectivity index (χ2v) is 3.99. The molecule has 0 N–H and O–H groups in total. The Morgan fingerprint density at radius 2 is 1.64 bits per heavy atom. The van der Waals surface area contributed by atoms with E-state index in [1.165, 1.54) is 11.3 Å². The molecule has 2 rings (SSSR count). The van der Waals surface area contributed by atoms with Gasteiger partial charge in [-0.1, -0.05) is 28.1 Å². The van der Waals surface area contributed by atoms with Crippen LogP contribution in [-0.4, -0.2) is 9.90 Å². The zero-order chi connectivity index (χ0) is 9.80. The highest BCUT2D eigenvalue weighted by Gasteiger charge is 1.94. The van der Waals surface area contributed by atoms with Crippen LogP contribution in [0.2, 0.25) is 0 Å². The van der Waals surface area contributed by atoms with E-state index in [4.69, 9.17) is 0 Å². The second kappa shape index (κ2) is 4.47. The number of halogens is 1. The van der Waals surface area contributed by atoms with E-state index in [1.807, 2.05) is 12.1 Å². The minimum absolute atomic E-state index is 1.02. The van der Waals surface area contributed by atoms with Crippen LogP contribution in [0.4, 0.5) is 0 Å². The van der Waals surface area contributed by atoms with Gasteiger partial charge in [-0.2, -0.15) is 0 Å². The van der Waals surface area contributed by atoms with Crippen LogP contribution in [0.5, 0.6) is 0 Å². The summed E-state index contributed by atoms with van der Waals surface area (Å²) in [6.45, 7) is 0. The Balaban J connectivity index is 2.22. The smallest absolute Gasteiger partial charge is 0.0449 e. The van der Waals surface area contributed by atoms with Gasteiger partial charge in [0.25, 0.3) is 0 Å². The summed E-state index contributed by atoms with van der Waals surface area (Å²) in [6.07, 6.45) is 5.20. The average molecular weight is 250 g/mol. The van der Waals surface area contributed by atoms with Gasteiger partial charge in [0.1, 0.15) is 0 Å². The standard InChI is InChI=1S/C12H12BrN/c13-8-7-11-3-5-12(6-4-11)14-9-1-2-10-14/h1-6,9-10H,7-8H2. The summed E-state index contributed by atoms with van der Waals surface area (Å²) in [5.41, 5.74) is 2.59. The van der Waals surface area contributed by atoms with Crippen molar-refractivity contribution in [1.82, 2.24) is 4.57 Å². The SMILES string of the molecule is BrCCc1ccc(-n2cccc2)cc1. The lowest BCUT2D eigenvalue weighted by Gasteiger charge is -2.03. The zero-order valence-electron chi connectivity index (χ0n) is 7.86. The number of alkyl halides is 1. The Kier molecular flexibility index (Phi) is 3.04. The van der Waals surface area contributed by atoms with Crippen molar-refractivity contribution >= 4 is 15.9 Å². The second-order valence-electron chi connectivity index (χ2n) is 3.20. The van der Waals surface area contributed by atoms with Gasteiger partial charge in [-0.15, -0.1) is 0 Å². The van der Waals surface area contributed by atoms with E-state index in [0.29, 0.717) is 0 Å². The molecule has 0 aliphatic rings. The highest BCUT2D eigenvalue weighted by molar-refractivity contribution is 9.09. The van der Waals surface area contributed by atoms with E-state index in [1.54, 1.807) is 0 Å². The Hall–Kier alpha value is -1.02. The first-order valence-corrected chi connectivity index (χ1v) is 5.80. The molecule has 1 nitrogen and oxygen atoms in total. The number of aromatic nitrogens is 1. The third kappa shape index (κ3) is 2.07. The molecule has 0 atom stereocenters. The molecule has 0 aliphatic heterocycles. The third-order valence-electron chi connectivity index (χ3n) is 2.22. The Morgan fingerprint density at radius 3 is 2.21 bits per heavy atom. The number of aryl methyl sites for hydroxylation is 1. The van der Waals surface area contributed by atoms with E-state index >= 15 is 0 Å². The van der Waals surface area contributed by atoms with Gasteiger partial charge in [0.05, 0.1) is 0 Å². The highest BCUT2D eigenvalue weighted by Crippen LogP contribution is 2.10. The molecule has 0 aliphatic carbocycles.